The lowest BCUT2D eigenvalue weighted by Gasteiger charge is -2.17. The maximum absolute atomic E-state index is 12.6. The molecular weight excluding hydrogens is 386 g/mol. The third-order valence-electron chi connectivity index (χ3n) is 4.71. The normalized spacial score (nSPS) is 18.2. The molecule has 1 aromatic carbocycles. The number of amides is 3. The number of hydrogen-bond donors (Lipinski definition) is 2. The Labute approximate surface area is 170 Å². The number of methoxy groups -OCH3 is 1. The summed E-state index contributed by atoms with van der Waals surface area (Å²) in [7, 11) is 1.63. The molecule has 28 heavy (non-hydrogen) atoms. The number of rotatable bonds is 9. The summed E-state index contributed by atoms with van der Waals surface area (Å²) in [5.41, 5.74) is 0.991. The summed E-state index contributed by atoms with van der Waals surface area (Å²) in [5, 5.41) is 5.92. The second-order valence-corrected chi connectivity index (χ2v) is 6.62. The van der Waals surface area contributed by atoms with Crippen molar-refractivity contribution in [2.75, 3.05) is 46.5 Å². The van der Waals surface area contributed by atoms with Crippen LogP contribution in [-0.2, 0) is 9.47 Å². The van der Waals surface area contributed by atoms with E-state index in [1.807, 2.05) is 0 Å². The van der Waals surface area contributed by atoms with Crippen molar-refractivity contribution in [1.82, 2.24) is 15.5 Å². The van der Waals surface area contributed by atoms with Crippen LogP contribution < -0.4 is 10.6 Å². The van der Waals surface area contributed by atoms with Gasteiger partial charge in [-0.05, 0) is 31.0 Å². The molecule has 2 aliphatic rings. The van der Waals surface area contributed by atoms with Gasteiger partial charge in [0.15, 0.2) is 0 Å². The molecule has 8 nitrogen and oxygen atoms in total. The third kappa shape index (κ3) is 5.08. The van der Waals surface area contributed by atoms with E-state index in [4.69, 9.17) is 9.47 Å². The molecule has 0 spiro atoms. The van der Waals surface area contributed by atoms with Crippen molar-refractivity contribution in [2.24, 2.45) is 0 Å². The van der Waals surface area contributed by atoms with Crippen LogP contribution in [0, 0.1) is 0 Å². The van der Waals surface area contributed by atoms with Crippen molar-refractivity contribution in [3.8, 4) is 0 Å². The highest BCUT2D eigenvalue weighted by Gasteiger charge is 2.37. The lowest BCUT2D eigenvalue weighted by atomic mass is 10.1. The smallest absolute Gasteiger partial charge is 0.261 e. The number of halogens is 1. The van der Waals surface area contributed by atoms with Gasteiger partial charge in [0, 0.05) is 38.9 Å². The molecule has 0 saturated carbocycles. The fourth-order valence-electron chi connectivity index (χ4n) is 3.26. The summed E-state index contributed by atoms with van der Waals surface area (Å²) in [6.45, 7) is 3.32. The summed E-state index contributed by atoms with van der Waals surface area (Å²) in [5.74, 6) is -0.953. The van der Waals surface area contributed by atoms with Gasteiger partial charge >= 0.3 is 0 Å². The summed E-state index contributed by atoms with van der Waals surface area (Å²) < 4.78 is 10.5. The number of fused-ring (bicyclic) bond motifs is 1. The minimum Gasteiger partial charge on any atom is -0.383 e. The van der Waals surface area contributed by atoms with Gasteiger partial charge in [-0.3, -0.25) is 19.3 Å². The van der Waals surface area contributed by atoms with Gasteiger partial charge in [0.05, 0.1) is 30.4 Å². The van der Waals surface area contributed by atoms with Gasteiger partial charge in [-0.1, -0.05) is 0 Å². The summed E-state index contributed by atoms with van der Waals surface area (Å²) >= 11 is 0. The van der Waals surface area contributed by atoms with Crippen LogP contribution in [-0.4, -0.2) is 75.2 Å². The zero-order chi connectivity index (χ0) is 19.2. The van der Waals surface area contributed by atoms with Gasteiger partial charge in [0.25, 0.3) is 17.7 Å². The highest BCUT2D eigenvalue weighted by Crippen LogP contribution is 2.26. The van der Waals surface area contributed by atoms with Gasteiger partial charge in [-0.15, -0.1) is 12.4 Å². The minimum atomic E-state index is -0.360. The van der Waals surface area contributed by atoms with Crippen molar-refractivity contribution in [2.45, 2.75) is 18.9 Å². The first-order chi connectivity index (χ1) is 13.1. The molecule has 2 heterocycles. The molecule has 1 fully saturated rings. The van der Waals surface area contributed by atoms with Gasteiger partial charge < -0.3 is 20.1 Å². The first-order valence-electron chi connectivity index (χ1n) is 9.21. The first kappa shape index (κ1) is 22.3. The first-order valence-corrected chi connectivity index (χ1v) is 9.21. The van der Waals surface area contributed by atoms with Crippen molar-refractivity contribution < 1.29 is 23.9 Å². The topological polar surface area (TPSA) is 97.0 Å². The Morgan fingerprint density at radius 3 is 2.71 bits per heavy atom. The second-order valence-electron chi connectivity index (χ2n) is 6.62. The van der Waals surface area contributed by atoms with Crippen LogP contribution in [0.3, 0.4) is 0 Å². The maximum Gasteiger partial charge on any atom is 0.261 e. The fourth-order valence-corrected chi connectivity index (χ4v) is 3.26. The number of carbonyl (C=O) groups is 3. The van der Waals surface area contributed by atoms with Crippen LogP contribution in [0.4, 0.5) is 0 Å². The van der Waals surface area contributed by atoms with E-state index >= 15 is 0 Å². The van der Waals surface area contributed by atoms with E-state index in [0.717, 1.165) is 12.8 Å². The zero-order valence-electron chi connectivity index (χ0n) is 15.9. The lowest BCUT2D eigenvalue weighted by molar-refractivity contribution is 0.0475. The lowest BCUT2D eigenvalue weighted by Crippen LogP contribution is -2.36. The van der Waals surface area contributed by atoms with Crippen LogP contribution >= 0.6 is 12.4 Å². The number of carbonyl (C=O) groups excluding carboxylic acids is 3. The Balaban J connectivity index is 0.00000280. The van der Waals surface area contributed by atoms with Crippen molar-refractivity contribution in [3.63, 3.8) is 0 Å². The van der Waals surface area contributed by atoms with E-state index in [-0.39, 0.29) is 48.3 Å². The average molecular weight is 412 g/mol. The molecule has 1 saturated heterocycles. The molecule has 3 rings (SSSR count). The van der Waals surface area contributed by atoms with Crippen molar-refractivity contribution in [1.29, 1.82) is 0 Å². The number of hydrogen-bond acceptors (Lipinski definition) is 6. The molecule has 0 bridgehead atoms. The summed E-state index contributed by atoms with van der Waals surface area (Å²) in [6.07, 6.45) is 1.69. The molecule has 9 heteroatoms. The number of nitrogens with one attached hydrogen (secondary N) is 2. The van der Waals surface area contributed by atoms with Crippen LogP contribution in [0.1, 0.15) is 43.9 Å². The number of benzene rings is 1. The van der Waals surface area contributed by atoms with Crippen molar-refractivity contribution >= 4 is 30.1 Å². The fraction of sp³-hybridized carbons (Fsp3) is 0.526. The van der Waals surface area contributed by atoms with Gasteiger partial charge in [0.1, 0.15) is 0 Å². The zero-order valence-corrected chi connectivity index (χ0v) is 16.7. The molecule has 0 aliphatic carbocycles. The molecule has 0 aromatic heterocycles. The van der Waals surface area contributed by atoms with E-state index in [0.29, 0.717) is 44.0 Å². The van der Waals surface area contributed by atoms with E-state index in [1.165, 1.54) is 11.0 Å². The molecule has 0 radical (unpaired) electrons. The molecule has 2 aliphatic heterocycles. The predicted octanol–water partition coefficient (Wildman–Crippen LogP) is 0.849. The van der Waals surface area contributed by atoms with Gasteiger partial charge in [-0.25, -0.2) is 0 Å². The molecular formula is C19H26ClN3O5. The van der Waals surface area contributed by atoms with Crippen LogP contribution in [0.5, 0.6) is 0 Å². The monoisotopic (exact) mass is 411 g/mol. The quantitative estimate of drug-likeness (QED) is 0.462. The highest BCUT2D eigenvalue weighted by molar-refractivity contribution is 6.22. The highest BCUT2D eigenvalue weighted by atomic mass is 35.5. The second kappa shape index (κ2) is 10.5. The molecule has 3 amide bonds. The molecule has 1 atom stereocenters. The third-order valence-corrected chi connectivity index (χ3v) is 4.71. The minimum absolute atomic E-state index is 0. The summed E-state index contributed by atoms with van der Waals surface area (Å²) in [4.78, 5) is 38.6. The molecule has 154 valence electrons. The number of ether oxygens (including phenoxy) is 2. The molecule has 2 N–H and O–H groups in total. The Hall–Kier alpha value is -2.00. The Kier molecular flexibility index (Phi) is 8.37. The number of nitrogens with zero attached hydrogens (tertiary/aromatic N) is 1. The van der Waals surface area contributed by atoms with Crippen LogP contribution in [0.15, 0.2) is 18.2 Å². The largest absolute Gasteiger partial charge is 0.383 e. The van der Waals surface area contributed by atoms with Gasteiger partial charge in [-0.2, -0.15) is 0 Å². The Morgan fingerprint density at radius 2 is 2.00 bits per heavy atom. The standard InChI is InChI=1S/C19H25N3O5.ClH/c1-26-10-8-20-6-7-21-17(23)13-4-5-15-16(11-13)19(25)22(18(15)24)12-14-3-2-9-27-14;/h4-5,11,14,20H,2-3,6-10,12H2,1H3,(H,21,23);1H. The van der Waals surface area contributed by atoms with E-state index in [1.54, 1.807) is 19.2 Å². The SMILES string of the molecule is COCCNCCNC(=O)c1ccc2c(c1)C(=O)N(CC1CCCO1)C2=O.Cl. The van der Waals surface area contributed by atoms with E-state index in [9.17, 15) is 14.4 Å². The van der Waals surface area contributed by atoms with E-state index < -0.39 is 0 Å². The molecule has 1 aromatic rings. The van der Waals surface area contributed by atoms with Gasteiger partial charge in [0.2, 0.25) is 0 Å². The molecule has 1 unspecified atom stereocenters. The Bertz CT molecular complexity index is 722. The Morgan fingerprint density at radius 1 is 1.21 bits per heavy atom. The predicted molar refractivity (Wildman–Crippen MR) is 105 cm³/mol. The van der Waals surface area contributed by atoms with Crippen LogP contribution in [0.25, 0.3) is 0 Å². The van der Waals surface area contributed by atoms with Crippen molar-refractivity contribution in [3.05, 3.63) is 34.9 Å². The average Bonchev–Trinajstić information content (AvgIpc) is 3.27. The number of imide groups is 1. The summed E-state index contributed by atoms with van der Waals surface area (Å²) in [6, 6.07) is 4.63. The van der Waals surface area contributed by atoms with Crippen LogP contribution in [0.2, 0.25) is 0 Å². The maximum atomic E-state index is 12.6. The van der Waals surface area contributed by atoms with E-state index in [2.05, 4.69) is 10.6 Å².